The third-order valence-corrected chi connectivity index (χ3v) is 4.75. The number of aromatic nitrogens is 3. The van der Waals surface area contributed by atoms with Crippen LogP contribution >= 0.6 is 0 Å². The number of nitrogens with zero attached hydrogens (tertiary/aromatic N) is 3. The molecule has 2 aromatic rings. The predicted molar refractivity (Wildman–Crippen MR) is 75.9 cm³/mol. The van der Waals surface area contributed by atoms with E-state index in [0.29, 0.717) is 30.2 Å². The number of hydrogen-bond acceptors (Lipinski definition) is 6. The maximum atomic E-state index is 12.4. The van der Waals surface area contributed by atoms with Gasteiger partial charge in [0.1, 0.15) is 11.2 Å². The van der Waals surface area contributed by atoms with Gasteiger partial charge >= 0.3 is 0 Å². The Morgan fingerprint density at radius 1 is 1.43 bits per heavy atom. The Kier molecular flexibility index (Phi) is 4.76. The van der Waals surface area contributed by atoms with Crippen LogP contribution in [-0.2, 0) is 23.1 Å². The summed E-state index contributed by atoms with van der Waals surface area (Å²) in [5, 5.41) is 7.93. The Hall–Kier alpha value is -1.71. The molecule has 2 aromatic heterocycles. The molecular formula is C12H19N5O3S. The smallest absolute Gasteiger partial charge is 0.244 e. The minimum absolute atomic E-state index is 0.0751. The molecule has 0 aliphatic heterocycles. The van der Waals surface area contributed by atoms with Crippen molar-refractivity contribution in [3.05, 3.63) is 29.4 Å². The van der Waals surface area contributed by atoms with Gasteiger partial charge in [-0.15, -0.1) is 0 Å². The number of aryl methyl sites for hydroxylation is 2. The van der Waals surface area contributed by atoms with E-state index in [2.05, 4.69) is 19.5 Å². The van der Waals surface area contributed by atoms with E-state index >= 15 is 0 Å². The molecule has 0 bridgehead atoms. The first-order valence-corrected chi connectivity index (χ1v) is 8.07. The van der Waals surface area contributed by atoms with Crippen molar-refractivity contribution in [1.82, 2.24) is 19.7 Å². The van der Waals surface area contributed by atoms with Crippen molar-refractivity contribution in [2.75, 3.05) is 6.54 Å². The van der Waals surface area contributed by atoms with Crippen LogP contribution in [0.25, 0.3) is 0 Å². The van der Waals surface area contributed by atoms with Crippen LogP contribution in [0, 0.1) is 13.8 Å². The van der Waals surface area contributed by atoms with Gasteiger partial charge in [-0.2, -0.15) is 5.10 Å². The zero-order chi connectivity index (χ0) is 15.5. The summed E-state index contributed by atoms with van der Waals surface area (Å²) in [6.07, 6.45) is 2.14. The number of sulfonamides is 1. The summed E-state index contributed by atoms with van der Waals surface area (Å²) in [4.78, 5) is 0.211. The average molecular weight is 313 g/mol. The van der Waals surface area contributed by atoms with Crippen molar-refractivity contribution in [3.63, 3.8) is 0 Å². The molecule has 116 valence electrons. The van der Waals surface area contributed by atoms with Gasteiger partial charge in [-0.1, -0.05) is 5.16 Å². The van der Waals surface area contributed by atoms with Crippen molar-refractivity contribution >= 4 is 10.0 Å². The molecule has 0 aliphatic rings. The minimum atomic E-state index is -3.65. The molecule has 3 N–H and O–H groups in total. The second kappa shape index (κ2) is 6.37. The molecule has 2 heterocycles. The van der Waals surface area contributed by atoms with Gasteiger partial charge in [0.15, 0.2) is 0 Å². The molecular weight excluding hydrogens is 294 g/mol. The van der Waals surface area contributed by atoms with E-state index in [-0.39, 0.29) is 11.4 Å². The topological polar surface area (TPSA) is 116 Å². The van der Waals surface area contributed by atoms with Crippen molar-refractivity contribution in [2.45, 2.75) is 38.3 Å². The van der Waals surface area contributed by atoms with E-state index in [1.165, 1.54) is 6.26 Å². The van der Waals surface area contributed by atoms with E-state index in [1.807, 2.05) is 0 Å². The van der Waals surface area contributed by atoms with Gasteiger partial charge in [-0.3, -0.25) is 4.68 Å². The van der Waals surface area contributed by atoms with Crippen LogP contribution in [0.4, 0.5) is 0 Å². The molecule has 0 radical (unpaired) electrons. The number of hydrogen-bond donors (Lipinski definition) is 2. The third-order valence-electron chi connectivity index (χ3n) is 3.09. The van der Waals surface area contributed by atoms with E-state index in [0.717, 1.165) is 6.42 Å². The molecule has 9 heteroatoms. The lowest BCUT2D eigenvalue weighted by molar-refractivity contribution is 0.411. The summed E-state index contributed by atoms with van der Waals surface area (Å²) >= 11 is 0. The molecule has 0 amide bonds. The van der Waals surface area contributed by atoms with Crippen LogP contribution in [0.5, 0.6) is 0 Å². The van der Waals surface area contributed by atoms with Gasteiger partial charge in [0.2, 0.25) is 10.0 Å². The fraction of sp³-hybridized carbons (Fsp3) is 0.500. The summed E-state index contributed by atoms with van der Waals surface area (Å²) < 4.78 is 33.7. The zero-order valence-corrected chi connectivity index (χ0v) is 12.9. The molecule has 0 spiro atoms. The van der Waals surface area contributed by atoms with Crippen molar-refractivity contribution in [2.24, 2.45) is 5.73 Å². The SMILES string of the molecule is Cc1nn(CCCN)c(C)c1S(=O)(=O)NCc1ccon1. The summed E-state index contributed by atoms with van der Waals surface area (Å²) in [5.74, 6) is 0. The van der Waals surface area contributed by atoms with Gasteiger partial charge in [0.05, 0.1) is 23.6 Å². The van der Waals surface area contributed by atoms with Gasteiger partial charge in [-0.25, -0.2) is 13.1 Å². The molecule has 0 saturated carbocycles. The lowest BCUT2D eigenvalue weighted by Gasteiger charge is -2.06. The second-order valence-corrected chi connectivity index (χ2v) is 6.38. The molecule has 0 atom stereocenters. The fourth-order valence-corrected chi connectivity index (χ4v) is 3.50. The first kappa shape index (κ1) is 15.7. The van der Waals surface area contributed by atoms with Crippen LogP contribution in [0.2, 0.25) is 0 Å². The molecule has 2 rings (SSSR count). The Labute approximate surface area is 123 Å². The first-order valence-electron chi connectivity index (χ1n) is 6.58. The minimum Gasteiger partial charge on any atom is -0.364 e. The van der Waals surface area contributed by atoms with Gasteiger partial charge < -0.3 is 10.3 Å². The third kappa shape index (κ3) is 3.49. The van der Waals surface area contributed by atoms with Gasteiger partial charge in [0.25, 0.3) is 0 Å². The standard InChI is InChI=1S/C12H19N5O3S/c1-9-12(10(2)17(15-9)6-3-5-13)21(18,19)14-8-11-4-7-20-16-11/h4,7,14H,3,5-6,8,13H2,1-2H3. The van der Waals surface area contributed by atoms with Crippen LogP contribution in [0.15, 0.2) is 21.7 Å². The summed E-state index contributed by atoms with van der Waals surface area (Å²) in [6, 6.07) is 1.60. The lowest BCUT2D eigenvalue weighted by Crippen LogP contribution is -2.24. The normalized spacial score (nSPS) is 12.0. The number of nitrogens with one attached hydrogen (secondary N) is 1. The molecule has 0 saturated heterocycles. The molecule has 0 unspecified atom stereocenters. The van der Waals surface area contributed by atoms with Crippen LogP contribution in [0.3, 0.4) is 0 Å². The van der Waals surface area contributed by atoms with Crippen molar-refractivity contribution in [1.29, 1.82) is 0 Å². The predicted octanol–water partition coefficient (Wildman–Crippen LogP) is 0.315. The van der Waals surface area contributed by atoms with E-state index in [4.69, 9.17) is 5.73 Å². The van der Waals surface area contributed by atoms with Gasteiger partial charge in [0, 0.05) is 12.6 Å². The Bertz CT molecular complexity index is 691. The maximum Gasteiger partial charge on any atom is 0.244 e. The van der Waals surface area contributed by atoms with Crippen LogP contribution in [-0.4, -0.2) is 29.9 Å². The second-order valence-electron chi connectivity index (χ2n) is 4.68. The van der Waals surface area contributed by atoms with Crippen LogP contribution < -0.4 is 10.5 Å². The Morgan fingerprint density at radius 3 is 2.81 bits per heavy atom. The largest absolute Gasteiger partial charge is 0.364 e. The Morgan fingerprint density at radius 2 is 2.19 bits per heavy atom. The van der Waals surface area contributed by atoms with E-state index < -0.39 is 10.0 Å². The monoisotopic (exact) mass is 313 g/mol. The van der Waals surface area contributed by atoms with Crippen molar-refractivity contribution < 1.29 is 12.9 Å². The quantitative estimate of drug-likeness (QED) is 0.760. The maximum absolute atomic E-state index is 12.4. The van der Waals surface area contributed by atoms with Crippen molar-refractivity contribution in [3.8, 4) is 0 Å². The average Bonchev–Trinajstić information content (AvgIpc) is 3.03. The number of rotatable bonds is 7. The zero-order valence-electron chi connectivity index (χ0n) is 12.0. The number of nitrogens with two attached hydrogens (primary N) is 1. The van der Waals surface area contributed by atoms with Crippen LogP contribution in [0.1, 0.15) is 23.5 Å². The summed E-state index contributed by atoms with van der Waals surface area (Å²) in [6.45, 7) is 4.62. The highest BCUT2D eigenvalue weighted by atomic mass is 32.2. The highest BCUT2D eigenvalue weighted by molar-refractivity contribution is 7.89. The summed E-state index contributed by atoms with van der Waals surface area (Å²) in [7, 11) is -3.65. The van der Waals surface area contributed by atoms with E-state index in [1.54, 1.807) is 24.6 Å². The molecule has 0 aromatic carbocycles. The molecule has 8 nitrogen and oxygen atoms in total. The highest BCUT2D eigenvalue weighted by Gasteiger charge is 2.24. The highest BCUT2D eigenvalue weighted by Crippen LogP contribution is 2.19. The molecule has 0 aliphatic carbocycles. The van der Waals surface area contributed by atoms with E-state index in [9.17, 15) is 8.42 Å². The lowest BCUT2D eigenvalue weighted by atomic mass is 10.4. The molecule has 0 fully saturated rings. The first-order chi connectivity index (χ1) is 9.95. The molecule has 21 heavy (non-hydrogen) atoms. The summed E-state index contributed by atoms with van der Waals surface area (Å²) in [5.41, 5.74) is 7.06. The fourth-order valence-electron chi connectivity index (χ4n) is 2.10. The van der Waals surface area contributed by atoms with Gasteiger partial charge in [-0.05, 0) is 26.8 Å². The Balaban J connectivity index is 2.21.